The average Bonchev–Trinajstić information content (AvgIpc) is 2.02. The summed E-state index contributed by atoms with van der Waals surface area (Å²) in [6.45, 7) is -0.177. The van der Waals surface area contributed by atoms with Crippen molar-refractivity contribution in [1.82, 2.24) is 0 Å². The summed E-state index contributed by atoms with van der Waals surface area (Å²) in [5.41, 5.74) is 0. The van der Waals surface area contributed by atoms with Crippen LogP contribution in [0.25, 0.3) is 0 Å². The molecule has 4 nitrogen and oxygen atoms in total. The number of hydrogen-bond acceptors (Lipinski definition) is 4. The number of Topliss-reactive ketones (excluding diaryl/α,β-unsaturated/α-hetero) is 1. The molecule has 0 N–H and O–H groups in total. The van der Waals surface area contributed by atoms with E-state index < -0.39 is 17.1 Å². The second-order valence-corrected chi connectivity index (χ2v) is 2.22. The summed E-state index contributed by atoms with van der Waals surface area (Å²) in [5, 5.41) is -1.25. The van der Waals surface area contributed by atoms with Crippen LogP contribution in [0.4, 0.5) is 0 Å². The summed E-state index contributed by atoms with van der Waals surface area (Å²) >= 11 is 5.36. The van der Waals surface area contributed by atoms with Crippen molar-refractivity contribution in [2.24, 2.45) is 0 Å². The maximum absolute atomic E-state index is 10.8. The largest absolute Gasteiger partial charge is 0.468 e. The number of hydrogen-bond donors (Lipinski definition) is 0. The van der Waals surface area contributed by atoms with Gasteiger partial charge in [-0.2, -0.15) is 0 Å². The van der Waals surface area contributed by atoms with Gasteiger partial charge in [-0.25, -0.2) is 4.79 Å². The van der Waals surface area contributed by atoms with Gasteiger partial charge < -0.3 is 9.47 Å². The molecule has 64 valence electrons. The lowest BCUT2D eigenvalue weighted by molar-refractivity contribution is -0.143. The van der Waals surface area contributed by atoms with E-state index in [0.29, 0.717) is 0 Å². The lowest BCUT2D eigenvalue weighted by Gasteiger charge is -2.04. The highest BCUT2D eigenvalue weighted by Crippen LogP contribution is 1.99. The minimum atomic E-state index is -1.25. The van der Waals surface area contributed by atoms with Gasteiger partial charge >= 0.3 is 5.97 Å². The predicted molar refractivity (Wildman–Crippen MR) is 38.5 cm³/mol. The number of halogens is 1. The Kier molecular flexibility index (Phi) is 4.81. The molecule has 0 radical (unpaired) electrons. The third-order valence-electron chi connectivity index (χ3n) is 0.977. The van der Waals surface area contributed by atoms with Crippen LogP contribution in [0.2, 0.25) is 0 Å². The van der Waals surface area contributed by atoms with Gasteiger partial charge in [-0.05, 0) is 0 Å². The molecule has 0 saturated heterocycles. The van der Waals surface area contributed by atoms with E-state index in [-0.39, 0.29) is 6.61 Å². The normalized spacial score (nSPS) is 12.3. The summed E-state index contributed by atoms with van der Waals surface area (Å²) < 4.78 is 8.71. The van der Waals surface area contributed by atoms with Crippen LogP contribution in [0.5, 0.6) is 0 Å². The highest BCUT2D eigenvalue weighted by atomic mass is 35.5. The molecule has 0 aliphatic heterocycles. The van der Waals surface area contributed by atoms with Crippen molar-refractivity contribution in [2.45, 2.75) is 5.38 Å². The van der Waals surface area contributed by atoms with Crippen LogP contribution >= 0.6 is 11.6 Å². The zero-order valence-electron chi connectivity index (χ0n) is 6.30. The third-order valence-corrected chi connectivity index (χ3v) is 1.40. The molecule has 5 heteroatoms. The van der Waals surface area contributed by atoms with Crippen LogP contribution in [0.15, 0.2) is 0 Å². The number of esters is 1. The van der Waals surface area contributed by atoms with E-state index in [0.717, 1.165) is 7.11 Å². The van der Waals surface area contributed by atoms with Gasteiger partial charge in [-0.1, -0.05) is 0 Å². The Morgan fingerprint density at radius 2 is 2.00 bits per heavy atom. The summed E-state index contributed by atoms with van der Waals surface area (Å²) in [6.07, 6.45) is 0. The molecule has 0 aliphatic carbocycles. The third kappa shape index (κ3) is 3.34. The van der Waals surface area contributed by atoms with Gasteiger partial charge in [0.2, 0.25) is 0 Å². The Labute approximate surface area is 69.4 Å². The highest BCUT2D eigenvalue weighted by molar-refractivity contribution is 6.41. The van der Waals surface area contributed by atoms with Gasteiger partial charge in [-0.15, -0.1) is 11.6 Å². The molecule has 0 saturated carbocycles. The van der Waals surface area contributed by atoms with Crippen molar-refractivity contribution in [3.8, 4) is 0 Å². The molecule has 0 aromatic rings. The van der Waals surface area contributed by atoms with Crippen molar-refractivity contribution >= 4 is 23.4 Å². The fourth-order valence-corrected chi connectivity index (χ4v) is 0.602. The first kappa shape index (κ1) is 10.4. The van der Waals surface area contributed by atoms with Crippen molar-refractivity contribution in [3.63, 3.8) is 0 Å². The number of rotatable bonds is 4. The van der Waals surface area contributed by atoms with E-state index in [1.165, 1.54) is 7.11 Å². The lowest BCUT2D eigenvalue weighted by Crippen LogP contribution is -2.28. The molecule has 11 heavy (non-hydrogen) atoms. The molecule has 0 aromatic heterocycles. The van der Waals surface area contributed by atoms with Crippen molar-refractivity contribution in [2.75, 3.05) is 20.8 Å². The minimum absolute atomic E-state index is 0.177. The number of methoxy groups -OCH3 is 2. The van der Waals surface area contributed by atoms with Crippen molar-refractivity contribution in [3.05, 3.63) is 0 Å². The van der Waals surface area contributed by atoms with E-state index in [1.807, 2.05) is 0 Å². The second-order valence-electron chi connectivity index (χ2n) is 1.79. The summed E-state index contributed by atoms with van der Waals surface area (Å²) in [5.74, 6) is -1.25. The van der Waals surface area contributed by atoms with Crippen LogP contribution < -0.4 is 0 Å². The van der Waals surface area contributed by atoms with Gasteiger partial charge in [0.25, 0.3) is 0 Å². The van der Waals surface area contributed by atoms with Crippen LogP contribution in [0.3, 0.4) is 0 Å². The summed E-state index contributed by atoms with van der Waals surface area (Å²) in [7, 11) is 2.51. The van der Waals surface area contributed by atoms with Gasteiger partial charge in [0, 0.05) is 7.11 Å². The molecule has 1 atom stereocenters. The zero-order chi connectivity index (χ0) is 8.85. The molecule has 0 unspecified atom stereocenters. The first-order valence-electron chi connectivity index (χ1n) is 2.87. The van der Waals surface area contributed by atoms with Crippen LogP contribution in [-0.4, -0.2) is 38.0 Å². The van der Waals surface area contributed by atoms with Crippen LogP contribution in [0, 0.1) is 0 Å². The molecule has 0 aromatic carbocycles. The molecule has 0 aliphatic rings. The molecular weight excluding hydrogens is 172 g/mol. The molecular formula is C6H9ClO4. The van der Waals surface area contributed by atoms with Crippen molar-refractivity contribution in [1.29, 1.82) is 0 Å². The Hall–Kier alpha value is -0.610. The first-order valence-corrected chi connectivity index (χ1v) is 3.30. The van der Waals surface area contributed by atoms with Gasteiger partial charge in [0.05, 0.1) is 7.11 Å². The fraction of sp³-hybridized carbons (Fsp3) is 0.667. The first-order chi connectivity index (χ1) is 5.13. The Balaban J connectivity index is 3.91. The van der Waals surface area contributed by atoms with E-state index in [2.05, 4.69) is 9.47 Å². The lowest BCUT2D eigenvalue weighted by atomic mass is 10.3. The standard InChI is InChI=1S/C6H9ClO4/c1-10-3-4(8)5(7)6(9)11-2/h5H,3H2,1-2H3/t5-/m1/s1. The number of ketones is 1. The molecule has 0 spiro atoms. The molecule has 0 rings (SSSR count). The monoisotopic (exact) mass is 180 g/mol. The maximum atomic E-state index is 10.8. The zero-order valence-corrected chi connectivity index (χ0v) is 7.05. The Bertz CT molecular complexity index is 157. The van der Waals surface area contributed by atoms with E-state index in [4.69, 9.17) is 11.6 Å². The average molecular weight is 181 g/mol. The number of alkyl halides is 1. The Morgan fingerprint density at radius 3 is 2.36 bits per heavy atom. The van der Waals surface area contributed by atoms with Crippen LogP contribution in [-0.2, 0) is 19.1 Å². The molecule has 0 heterocycles. The quantitative estimate of drug-likeness (QED) is 0.347. The maximum Gasteiger partial charge on any atom is 0.331 e. The number of carbonyl (C=O) groups excluding carboxylic acids is 2. The summed E-state index contributed by atoms with van der Waals surface area (Å²) in [6, 6.07) is 0. The fourth-order valence-electron chi connectivity index (χ4n) is 0.450. The van der Waals surface area contributed by atoms with Gasteiger partial charge in [0.15, 0.2) is 11.2 Å². The molecule has 0 fully saturated rings. The number of ether oxygens (including phenoxy) is 2. The summed E-state index contributed by atoms with van der Waals surface area (Å²) in [4.78, 5) is 21.4. The van der Waals surface area contributed by atoms with Crippen LogP contribution in [0.1, 0.15) is 0 Å². The van der Waals surface area contributed by atoms with Crippen molar-refractivity contribution < 1.29 is 19.1 Å². The molecule has 0 bridgehead atoms. The van der Waals surface area contributed by atoms with E-state index in [1.54, 1.807) is 0 Å². The van der Waals surface area contributed by atoms with E-state index in [9.17, 15) is 9.59 Å². The number of carbonyl (C=O) groups is 2. The van der Waals surface area contributed by atoms with Gasteiger partial charge in [0.1, 0.15) is 6.61 Å². The Morgan fingerprint density at radius 1 is 1.45 bits per heavy atom. The topological polar surface area (TPSA) is 52.6 Å². The minimum Gasteiger partial charge on any atom is -0.468 e. The molecule has 0 amide bonds. The van der Waals surface area contributed by atoms with E-state index >= 15 is 0 Å². The second kappa shape index (κ2) is 5.09. The highest BCUT2D eigenvalue weighted by Gasteiger charge is 2.23. The predicted octanol–water partition coefficient (Wildman–Crippen LogP) is -0.0177. The smallest absolute Gasteiger partial charge is 0.331 e. The van der Waals surface area contributed by atoms with Gasteiger partial charge in [-0.3, -0.25) is 4.79 Å². The SMILES string of the molecule is COCC(=O)[C@@H](Cl)C(=O)OC.